The second-order valence-corrected chi connectivity index (χ2v) is 5.89. The lowest BCUT2D eigenvalue weighted by Gasteiger charge is -2.20. The normalized spacial score (nSPS) is 17.3. The second-order valence-electron chi connectivity index (χ2n) is 5.89. The maximum absolute atomic E-state index is 12.3. The Balaban J connectivity index is 1.58. The summed E-state index contributed by atoms with van der Waals surface area (Å²) in [5.74, 6) is 1.15. The number of imidazole rings is 1. The monoisotopic (exact) mass is 283 g/mol. The van der Waals surface area contributed by atoms with Crippen molar-refractivity contribution in [3.8, 4) is 0 Å². The van der Waals surface area contributed by atoms with E-state index in [0.29, 0.717) is 6.54 Å². The summed E-state index contributed by atoms with van der Waals surface area (Å²) in [7, 11) is 0. The number of rotatable bonds is 3. The van der Waals surface area contributed by atoms with Crippen LogP contribution in [0.4, 0.5) is 0 Å². The summed E-state index contributed by atoms with van der Waals surface area (Å²) in [6, 6.07) is 8.27. The number of carbonyl (C=O) groups is 1. The summed E-state index contributed by atoms with van der Waals surface area (Å²) in [4.78, 5) is 20.0. The summed E-state index contributed by atoms with van der Waals surface area (Å²) < 4.78 is 0. The van der Waals surface area contributed by atoms with Crippen molar-refractivity contribution < 1.29 is 4.79 Å². The first-order chi connectivity index (χ1) is 10.1. The molecule has 4 heteroatoms. The number of hydrogen-bond acceptors (Lipinski definition) is 2. The van der Waals surface area contributed by atoms with Gasteiger partial charge in [-0.15, -0.1) is 0 Å². The van der Waals surface area contributed by atoms with Crippen molar-refractivity contribution in [2.24, 2.45) is 5.92 Å². The third-order valence-corrected chi connectivity index (χ3v) is 4.12. The molecule has 0 fully saturated rings. The van der Waals surface area contributed by atoms with Crippen LogP contribution in [0.5, 0.6) is 0 Å². The van der Waals surface area contributed by atoms with Gasteiger partial charge in [0.15, 0.2) is 0 Å². The fourth-order valence-electron chi connectivity index (χ4n) is 2.89. The average molecular weight is 283 g/mol. The van der Waals surface area contributed by atoms with Crippen LogP contribution in [0.15, 0.2) is 24.3 Å². The van der Waals surface area contributed by atoms with Gasteiger partial charge in [-0.1, -0.05) is 29.8 Å². The number of aryl methyl sites for hydroxylation is 3. The Morgan fingerprint density at radius 1 is 1.33 bits per heavy atom. The molecule has 3 rings (SSSR count). The van der Waals surface area contributed by atoms with E-state index in [1.807, 2.05) is 6.92 Å². The molecule has 4 nitrogen and oxygen atoms in total. The molecule has 0 spiro atoms. The smallest absolute Gasteiger partial charge is 0.223 e. The predicted molar refractivity (Wildman–Crippen MR) is 81.9 cm³/mol. The van der Waals surface area contributed by atoms with Gasteiger partial charge in [-0.3, -0.25) is 4.79 Å². The van der Waals surface area contributed by atoms with Gasteiger partial charge in [0, 0.05) is 24.6 Å². The van der Waals surface area contributed by atoms with E-state index < -0.39 is 0 Å². The molecule has 0 aliphatic heterocycles. The minimum Gasteiger partial charge on any atom is -0.352 e. The zero-order valence-electron chi connectivity index (χ0n) is 12.6. The maximum Gasteiger partial charge on any atom is 0.223 e. The van der Waals surface area contributed by atoms with E-state index in [1.54, 1.807) is 0 Å². The van der Waals surface area contributed by atoms with Crippen LogP contribution in [0.3, 0.4) is 0 Å². The van der Waals surface area contributed by atoms with Crippen molar-refractivity contribution in [2.45, 2.75) is 39.7 Å². The zero-order chi connectivity index (χ0) is 14.8. The van der Waals surface area contributed by atoms with Gasteiger partial charge in [-0.05, 0) is 32.3 Å². The van der Waals surface area contributed by atoms with Crippen LogP contribution in [-0.4, -0.2) is 15.9 Å². The molecule has 1 aliphatic rings. The predicted octanol–water partition coefficient (Wildman–Crippen LogP) is 2.45. The molecule has 1 amide bonds. The van der Waals surface area contributed by atoms with E-state index >= 15 is 0 Å². The average Bonchev–Trinajstić information content (AvgIpc) is 2.85. The van der Waals surface area contributed by atoms with Crippen LogP contribution in [0.2, 0.25) is 0 Å². The molecular weight excluding hydrogens is 262 g/mol. The molecule has 0 radical (unpaired) electrons. The first-order valence-corrected chi connectivity index (χ1v) is 7.49. The number of H-pyrrole nitrogens is 1. The SMILES string of the molecule is Cc1ccc(CNC(=O)C2CCc3nc(C)[nH]c3C2)cc1. The van der Waals surface area contributed by atoms with Crippen LogP contribution in [0.25, 0.3) is 0 Å². The van der Waals surface area contributed by atoms with Gasteiger partial charge >= 0.3 is 0 Å². The van der Waals surface area contributed by atoms with Crippen molar-refractivity contribution in [1.82, 2.24) is 15.3 Å². The number of nitrogens with zero attached hydrogens (tertiary/aromatic N) is 1. The lowest BCUT2D eigenvalue weighted by atomic mass is 9.89. The number of benzene rings is 1. The van der Waals surface area contributed by atoms with Gasteiger partial charge < -0.3 is 10.3 Å². The minimum atomic E-state index is 0.0581. The number of carbonyl (C=O) groups excluding carboxylic acids is 1. The van der Waals surface area contributed by atoms with E-state index in [4.69, 9.17) is 0 Å². The number of hydrogen-bond donors (Lipinski definition) is 2. The standard InChI is InChI=1S/C17H21N3O/c1-11-3-5-13(6-4-11)10-18-17(21)14-7-8-15-16(9-14)20-12(2)19-15/h3-6,14H,7-10H2,1-2H3,(H,18,21)(H,19,20). The number of aromatic nitrogens is 2. The molecule has 1 atom stereocenters. The molecule has 1 aromatic heterocycles. The number of fused-ring (bicyclic) bond motifs is 1. The summed E-state index contributed by atoms with van der Waals surface area (Å²) in [6.45, 7) is 4.63. The van der Waals surface area contributed by atoms with Gasteiger partial charge in [0.25, 0.3) is 0 Å². The third-order valence-electron chi connectivity index (χ3n) is 4.12. The highest BCUT2D eigenvalue weighted by molar-refractivity contribution is 5.79. The highest BCUT2D eigenvalue weighted by Gasteiger charge is 2.26. The molecule has 1 heterocycles. The van der Waals surface area contributed by atoms with Crippen LogP contribution in [-0.2, 0) is 24.2 Å². The van der Waals surface area contributed by atoms with Crippen molar-refractivity contribution in [1.29, 1.82) is 0 Å². The molecule has 0 saturated carbocycles. The Morgan fingerprint density at radius 3 is 2.86 bits per heavy atom. The lowest BCUT2D eigenvalue weighted by molar-refractivity contribution is -0.125. The van der Waals surface area contributed by atoms with Crippen molar-refractivity contribution >= 4 is 5.91 Å². The summed E-state index contributed by atoms with van der Waals surface area (Å²) in [6.07, 6.45) is 2.55. The van der Waals surface area contributed by atoms with Gasteiger partial charge in [0.1, 0.15) is 5.82 Å². The Morgan fingerprint density at radius 2 is 2.10 bits per heavy atom. The van der Waals surface area contributed by atoms with Gasteiger partial charge in [0.05, 0.1) is 5.69 Å². The summed E-state index contributed by atoms with van der Waals surface area (Å²) in [5.41, 5.74) is 4.65. The topological polar surface area (TPSA) is 57.8 Å². The van der Waals surface area contributed by atoms with Gasteiger partial charge in [-0.2, -0.15) is 0 Å². The molecular formula is C17H21N3O. The van der Waals surface area contributed by atoms with Crippen molar-refractivity contribution in [3.05, 3.63) is 52.6 Å². The van der Waals surface area contributed by atoms with Crippen LogP contribution in [0.1, 0.15) is 34.8 Å². The third kappa shape index (κ3) is 3.15. The van der Waals surface area contributed by atoms with Crippen molar-refractivity contribution in [2.75, 3.05) is 0 Å². The zero-order valence-corrected chi connectivity index (χ0v) is 12.6. The van der Waals surface area contributed by atoms with Crippen LogP contribution >= 0.6 is 0 Å². The van der Waals surface area contributed by atoms with E-state index in [-0.39, 0.29) is 11.8 Å². The largest absolute Gasteiger partial charge is 0.352 e. The second kappa shape index (κ2) is 5.72. The highest BCUT2D eigenvalue weighted by Crippen LogP contribution is 2.24. The number of nitrogens with one attached hydrogen (secondary N) is 2. The van der Waals surface area contributed by atoms with Crippen LogP contribution in [0, 0.1) is 19.8 Å². The Hall–Kier alpha value is -2.10. The first-order valence-electron chi connectivity index (χ1n) is 7.49. The molecule has 2 N–H and O–H groups in total. The minimum absolute atomic E-state index is 0.0581. The molecule has 21 heavy (non-hydrogen) atoms. The molecule has 0 saturated heterocycles. The van der Waals surface area contributed by atoms with E-state index in [9.17, 15) is 4.79 Å². The van der Waals surface area contributed by atoms with E-state index in [2.05, 4.69) is 46.5 Å². The fraction of sp³-hybridized carbons (Fsp3) is 0.412. The van der Waals surface area contributed by atoms with Crippen molar-refractivity contribution in [3.63, 3.8) is 0 Å². The molecule has 1 aliphatic carbocycles. The molecule has 110 valence electrons. The van der Waals surface area contributed by atoms with Crippen LogP contribution < -0.4 is 5.32 Å². The van der Waals surface area contributed by atoms with Gasteiger partial charge in [-0.25, -0.2) is 4.98 Å². The maximum atomic E-state index is 12.3. The number of aromatic amines is 1. The fourth-order valence-corrected chi connectivity index (χ4v) is 2.89. The Labute approximate surface area is 125 Å². The molecule has 1 unspecified atom stereocenters. The molecule has 2 aromatic rings. The quantitative estimate of drug-likeness (QED) is 0.909. The van der Waals surface area contributed by atoms with Gasteiger partial charge in [0.2, 0.25) is 5.91 Å². The van der Waals surface area contributed by atoms with E-state index in [0.717, 1.165) is 42.0 Å². The summed E-state index contributed by atoms with van der Waals surface area (Å²) in [5, 5.41) is 3.05. The van der Waals surface area contributed by atoms with E-state index in [1.165, 1.54) is 5.56 Å². The lowest BCUT2D eigenvalue weighted by Crippen LogP contribution is -2.33. The Bertz CT molecular complexity index is 643. The molecule has 1 aromatic carbocycles. The summed E-state index contributed by atoms with van der Waals surface area (Å²) >= 11 is 0. The Kier molecular flexibility index (Phi) is 3.78. The first kappa shape index (κ1) is 13.9. The molecule has 0 bridgehead atoms. The number of amides is 1. The highest BCUT2D eigenvalue weighted by atomic mass is 16.1.